The summed E-state index contributed by atoms with van der Waals surface area (Å²) < 4.78 is 35.4. The van der Waals surface area contributed by atoms with Crippen LogP contribution in [0.2, 0.25) is 0 Å². The molecular formula is C9H17F3N2O2. The largest absolute Gasteiger partial charge is 0.405 e. The zero-order valence-electron chi connectivity index (χ0n) is 9.32. The quantitative estimate of drug-likeness (QED) is 0.682. The number of alkyl halides is 3. The minimum absolute atomic E-state index is 0.135. The predicted molar refractivity (Wildman–Crippen MR) is 53.0 cm³/mol. The first-order valence-corrected chi connectivity index (χ1v) is 4.96. The van der Waals surface area contributed by atoms with Crippen molar-refractivity contribution >= 4 is 6.03 Å². The molecule has 0 spiro atoms. The van der Waals surface area contributed by atoms with Crippen molar-refractivity contribution in [3.05, 3.63) is 0 Å². The van der Waals surface area contributed by atoms with Gasteiger partial charge in [0.25, 0.3) is 0 Å². The summed E-state index contributed by atoms with van der Waals surface area (Å²) in [6.07, 6.45) is -3.60. The van der Waals surface area contributed by atoms with Crippen LogP contribution < -0.4 is 10.6 Å². The van der Waals surface area contributed by atoms with Gasteiger partial charge in [-0.05, 0) is 19.8 Å². The highest BCUT2D eigenvalue weighted by molar-refractivity contribution is 5.74. The minimum atomic E-state index is -4.42. The van der Waals surface area contributed by atoms with Gasteiger partial charge in [0.05, 0.1) is 0 Å². The summed E-state index contributed by atoms with van der Waals surface area (Å²) in [4.78, 5) is 11.1. The number of carbonyl (C=O) groups is 1. The van der Waals surface area contributed by atoms with Crippen LogP contribution in [0.1, 0.15) is 26.7 Å². The van der Waals surface area contributed by atoms with E-state index in [1.165, 1.54) is 0 Å². The van der Waals surface area contributed by atoms with E-state index in [-0.39, 0.29) is 6.61 Å². The Morgan fingerprint density at radius 2 is 1.94 bits per heavy atom. The molecule has 0 saturated heterocycles. The fraction of sp³-hybridized carbons (Fsp3) is 0.889. The van der Waals surface area contributed by atoms with Gasteiger partial charge in [-0.3, -0.25) is 0 Å². The van der Waals surface area contributed by atoms with Gasteiger partial charge in [-0.2, -0.15) is 13.2 Å². The molecule has 1 unspecified atom stereocenters. The maximum Gasteiger partial charge on any atom is 0.405 e. The van der Waals surface area contributed by atoms with E-state index in [1.54, 1.807) is 19.2 Å². The van der Waals surface area contributed by atoms with Gasteiger partial charge in [-0.1, -0.05) is 6.92 Å². The zero-order chi connectivity index (χ0) is 12.8. The molecule has 0 radical (unpaired) electrons. The number of urea groups is 1. The monoisotopic (exact) mass is 242 g/mol. The first-order valence-electron chi connectivity index (χ1n) is 4.96. The third-order valence-electron chi connectivity index (χ3n) is 2.31. The molecule has 3 N–H and O–H groups in total. The Bertz CT molecular complexity index is 233. The number of aliphatic hydroxyl groups excluding tert-OH is 1. The standard InChI is InChI=1S/C9H17F3N2O2/c1-3-8(2,4-5-15)14-7(16)13-6-9(10,11)12/h15H,3-6H2,1-2H3,(H2,13,14,16). The second-order valence-corrected chi connectivity index (χ2v) is 3.81. The summed E-state index contributed by atoms with van der Waals surface area (Å²) in [5, 5.41) is 12.9. The van der Waals surface area contributed by atoms with E-state index in [4.69, 9.17) is 5.11 Å². The molecule has 2 amide bonds. The van der Waals surface area contributed by atoms with Gasteiger partial charge in [-0.25, -0.2) is 4.79 Å². The van der Waals surface area contributed by atoms with Gasteiger partial charge in [0.15, 0.2) is 0 Å². The molecule has 0 aliphatic heterocycles. The highest BCUT2D eigenvalue weighted by Gasteiger charge is 2.29. The van der Waals surface area contributed by atoms with Gasteiger partial charge in [-0.15, -0.1) is 0 Å². The van der Waals surface area contributed by atoms with E-state index in [9.17, 15) is 18.0 Å². The minimum Gasteiger partial charge on any atom is -0.396 e. The summed E-state index contributed by atoms with van der Waals surface area (Å²) in [6, 6.07) is -0.880. The highest BCUT2D eigenvalue weighted by atomic mass is 19.4. The van der Waals surface area contributed by atoms with Gasteiger partial charge in [0, 0.05) is 12.1 Å². The van der Waals surface area contributed by atoms with Crippen LogP contribution in [-0.2, 0) is 0 Å². The number of hydrogen-bond acceptors (Lipinski definition) is 2. The third kappa shape index (κ3) is 6.49. The van der Waals surface area contributed by atoms with Gasteiger partial charge in [0.1, 0.15) is 6.54 Å². The molecule has 1 atom stereocenters. The van der Waals surface area contributed by atoms with Gasteiger partial charge in [0.2, 0.25) is 0 Å². The molecule has 4 nitrogen and oxygen atoms in total. The van der Waals surface area contributed by atoms with Crippen molar-refractivity contribution in [2.45, 2.75) is 38.4 Å². The number of aliphatic hydroxyl groups is 1. The lowest BCUT2D eigenvalue weighted by Gasteiger charge is -2.29. The molecule has 0 bridgehead atoms. The first-order chi connectivity index (χ1) is 7.22. The summed E-state index contributed by atoms with van der Waals surface area (Å²) in [5.41, 5.74) is -0.690. The van der Waals surface area contributed by atoms with Crippen molar-refractivity contribution in [3.8, 4) is 0 Å². The Hall–Kier alpha value is -0.980. The van der Waals surface area contributed by atoms with E-state index in [1.807, 2.05) is 0 Å². The molecular weight excluding hydrogens is 225 g/mol. The Balaban J connectivity index is 4.11. The zero-order valence-corrected chi connectivity index (χ0v) is 9.32. The van der Waals surface area contributed by atoms with Crippen LogP contribution in [0, 0.1) is 0 Å². The molecule has 0 aliphatic carbocycles. The van der Waals surface area contributed by atoms with Gasteiger partial charge >= 0.3 is 12.2 Å². The van der Waals surface area contributed by atoms with Crippen LogP contribution in [0.15, 0.2) is 0 Å². The van der Waals surface area contributed by atoms with Crippen LogP contribution in [0.25, 0.3) is 0 Å². The van der Waals surface area contributed by atoms with Gasteiger partial charge < -0.3 is 15.7 Å². The fourth-order valence-electron chi connectivity index (χ4n) is 1.07. The summed E-state index contributed by atoms with van der Waals surface area (Å²) in [6.45, 7) is 1.94. The van der Waals surface area contributed by atoms with Crippen LogP contribution in [0.5, 0.6) is 0 Å². The first kappa shape index (κ1) is 15.0. The lowest BCUT2D eigenvalue weighted by Crippen LogP contribution is -2.51. The van der Waals surface area contributed by atoms with E-state index >= 15 is 0 Å². The number of nitrogens with one attached hydrogen (secondary N) is 2. The molecule has 0 aromatic heterocycles. The molecule has 16 heavy (non-hydrogen) atoms. The molecule has 0 heterocycles. The fourth-order valence-corrected chi connectivity index (χ4v) is 1.07. The molecule has 0 aromatic carbocycles. The van der Waals surface area contributed by atoms with Crippen LogP contribution in [0.4, 0.5) is 18.0 Å². The Kier molecular flexibility index (Phi) is 5.57. The Morgan fingerprint density at radius 1 is 1.38 bits per heavy atom. The molecule has 0 rings (SSSR count). The number of rotatable bonds is 5. The van der Waals surface area contributed by atoms with E-state index in [0.29, 0.717) is 12.8 Å². The number of amides is 2. The lowest BCUT2D eigenvalue weighted by molar-refractivity contribution is -0.122. The average Bonchev–Trinajstić information content (AvgIpc) is 2.14. The smallest absolute Gasteiger partial charge is 0.396 e. The topological polar surface area (TPSA) is 61.4 Å². The Morgan fingerprint density at radius 3 is 2.31 bits per heavy atom. The molecule has 0 saturated carbocycles. The van der Waals surface area contributed by atoms with Crippen LogP contribution in [0.3, 0.4) is 0 Å². The predicted octanol–water partition coefficient (Wildman–Crippen LogP) is 1.40. The third-order valence-corrected chi connectivity index (χ3v) is 2.31. The molecule has 7 heteroatoms. The van der Waals surface area contributed by atoms with E-state index < -0.39 is 24.3 Å². The lowest BCUT2D eigenvalue weighted by atomic mass is 9.95. The number of carbonyl (C=O) groups excluding carboxylic acids is 1. The van der Waals surface area contributed by atoms with Crippen LogP contribution in [-0.4, -0.2) is 36.0 Å². The van der Waals surface area contributed by atoms with Crippen molar-refractivity contribution in [2.75, 3.05) is 13.2 Å². The second kappa shape index (κ2) is 5.93. The molecule has 96 valence electrons. The van der Waals surface area contributed by atoms with Crippen molar-refractivity contribution in [2.24, 2.45) is 0 Å². The van der Waals surface area contributed by atoms with Crippen molar-refractivity contribution < 1.29 is 23.1 Å². The summed E-state index contributed by atoms with van der Waals surface area (Å²) in [5.74, 6) is 0. The maximum absolute atomic E-state index is 11.8. The molecule has 0 aromatic rings. The van der Waals surface area contributed by atoms with E-state index in [2.05, 4.69) is 5.32 Å². The second-order valence-electron chi connectivity index (χ2n) is 3.81. The SMILES string of the molecule is CCC(C)(CCO)NC(=O)NCC(F)(F)F. The van der Waals surface area contributed by atoms with Crippen molar-refractivity contribution in [1.29, 1.82) is 0 Å². The number of halogens is 3. The molecule has 0 fully saturated rings. The van der Waals surface area contributed by atoms with E-state index in [0.717, 1.165) is 0 Å². The van der Waals surface area contributed by atoms with Crippen LogP contribution >= 0.6 is 0 Å². The van der Waals surface area contributed by atoms with Crippen molar-refractivity contribution in [1.82, 2.24) is 10.6 Å². The maximum atomic E-state index is 11.8. The van der Waals surface area contributed by atoms with Crippen molar-refractivity contribution in [3.63, 3.8) is 0 Å². The average molecular weight is 242 g/mol. The molecule has 0 aliphatic rings. The normalized spacial score (nSPS) is 15.4. The Labute approximate surface area is 92.2 Å². The number of hydrogen-bond donors (Lipinski definition) is 3. The highest BCUT2D eigenvalue weighted by Crippen LogP contribution is 2.14. The summed E-state index contributed by atoms with van der Waals surface area (Å²) >= 11 is 0. The summed E-state index contributed by atoms with van der Waals surface area (Å²) in [7, 11) is 0.